The van der Waals surface area contributed by atoms with E-state index in [1.54, 1.807) is 19.0 Å². The standard InChI is InChI=1S/C7H14ClNO/c1-7(2,5-8)6(10)9(3)4/h5H2,1-4H3. The average Bonchev–Trinajstić information content (AvgIpc) is 1.86. The molecule has 0 aliphatic heterocycles. The molecular formula is C7H14ClNO. The van der Waals surface area contributed by atoms with E-state index in [2.05, 4.69) is 0 Å². The van der Waals surface area contributed by atoms with Gasteiger partial charge in [-0.25, -0.2) is 0 Å². The maximum Gasteiger partial charge on any atom is 0.228 e. The van der Waals surface area contributed by atoms with Gasteiger partial charge in [0, 0.05) is 20.0 Å². The van der Waals surface area contributed by atoms with Gasteiger partial charge in [-0.3, -0.25) is 4.79 Å². The normalized spacial score (nSPS) is 11.3. The van der Waals surface area contributed by atoms with Crippen molar-refractivity contribution in [3.05, 3.63) is 0 Å². The molecule has 3 heteroatoms. The fourth-order valence-corrected chi connectivity index (χ4v) is 0.777. The third kappa shape index (κ3) is 2.18. The highest BCUT2D eigenvalue weighted by molar-refractivity contribution is 6.19. The lowest BCUT2D eigenvalue weighted by Crippen LogP contribution is -2.37. The molecule has 0 heterocycles. The van der Waals surface area contributed by atoms with Gasteiger partial charge < -0.3 is 4.90 Å². The number of carbonyl (C=O) groups excluding carboxylic acids is 1. The number of nitrogens with zero attached hydrogens (tertiary/aromatic N) is 1. The summed E-state index contributed by atoms with van der Waals surface area (Å²) in [7, 11) is 3.47. The molecule has 0 aromatic rings. The Labute approximate surface area is 67.2 Å². The molecule has 0 saturated heterocycles. The third-order valence-electron chi connectivity index (χ3n) is 1.32. The predicted octanol–water partition coefficient (Wildman–Crippen LogP) is 1.34. The van der Waals surface area contributed by atoms with Crippen molar-refractivity contribution in [1.29, 1.82) is 0 Å². The minimum atomic E-state index is -0.426. The Kier molecular flexibility index (Phi) is 3.16. The Morgan fingerprint density at radius 1 is 1.50 bits per heavy atom. The smallest absolute Gasteiger partial charge is 0.228 e. The Balaban J connectivity index is 4.19. The van der Waals surface area contributed by atoms with Gasteiger partial charge in [-0.05, 0) is 13.8 Å². The molecule has 0 aliphatic carbocycles. The largest absolute Gasteiger partial charge is 0.348 e. The molecule has 0 rings (SSSR count). The van der Waals surface area contributed by atoms with Crippen LogP contribution in [0.4, 0.5) is 0 Å². The second kappa shape index (κ2) is 3.24. The van der Waals surface area contributed by atoms with Gasteiger partial charge in [-0.2, -0.15) is 0 Å². The maximum absolute atomic E-state index is 11.2. The van der Waals surface area contributed by atoms with E-state index >= 15 is 0 Å². The van der Waals surface area contributed by atoms with Gasteiger partial charge in [0.25, 0.3) is 0 Å². The summed E-state index contributed by atoms with van der Waals surface area (Å²) >= 11 is 5.58. The van der Waals surface area contributed by atoms with Gasteiger partial charge in [-0.15, -0.1) is 11.6 Å². The number of hydrogen-bond acceptors (Lipinski definition) is 1. The predicted molar refractivity (Wildman–Crippen MR) is 43.2 cm³/mol. The zero-order valence-corrected chi connectivity index (χ0v) is 7.70. The molecule has 0 saturated carbocycles. The number of carbonyl (C=O) groups is 1. The van der Waals surface area contributed by atoms with Crippen LogP contribution in [-0.2, 0) is 4.79 Å². The van der Waals surface area contributed by atoms with Crippen LogP contribution in [0.15, 0.2) is 0 Å². The molecule has 0 aliphatic rings. The van der Waals surface area contributed by atoms with E-state index in [-0.39, 0.29) is 5.91 Å². The molecule has 60 valence electrons. The van der Waals surface area contributed by atoms with Crippen LogP contribution >= 0.6 is 11.6 Å². The zero-order valence-electron chi connectivity index (χ0n) is 6.94. The topological polar surface area (TPSA) is 20.3 Å². The molecule has 0 N–H and O–H groups in total. The molecule has 0 radical (unpaired) electrons. The van der Waals surface area contributed by atoms with Crippen LogP contribution in [0.2, 0.25) is 0 Å². The SMILES string of the molecule is CN(C)C(=O)C(C)(C)CCl. The van der Waals surface area contributed by atoms with Crippen molar-refractivity contribution in [2.24, 2.45) is 5.41 Å². The Morgan fingerprint density at radius 3 is 2.00 bits per heavy atom. The first-order chi connectivity index (χ1) is 4.41. The van der Waals surface area contributed by atoms with Crippen LogP contribution in [0.25, 0.3) is 0 Å². The van der Waals surface area contributed by atoms with E-state index in [9.17, 15) is 4.79 Å². The summed E-state index contributed by atoms with van der Waals surface area (Å²) < 4.78 is 0. The minimum absolute atomic E-state index is 0.0718. The fraction of sp³-hybridized carbons (Fsp3) is 0.857. The van der Waals surface area contributed by atoms with E-state index in [0.717, 1.165) is 0 Å². The van der Waals surface area contributed by atoms with Crippen LogP contribution < -0.4 is 0 Å². The van der Waals surface area contributed by atoms with E-state index in [1.807, 2.05) is 13.8 Å². The van der Waals surface area contributed by atoms with E-state index in [0.29, 0.717) is 5.88 Å². The number of amides is 1. The van der Waals surface area contributed by atoms with Crippen LogP contribution in [-0.4, -0.2) is 30.8 Å². The molecule has 2 nitrogen and oxygen atoms in total. The fourth-order valence-electron chi connectivity index (χ4n) is 0.662. The molecular weight excluding hydrogens is 150 g/mol. The van der Waals surface area contributed by atoms with Gasteiger partial charge >= 0.3 is 0 Å². The van der Waals surface area contributed by atoms with Crippen molar-refractivity contribution < 1.29 is 4.79 Å². The van der Waals surface area contributed by atoms with Crippen molar-refractivity contribution in [1.82, 2.24) is 4.90 Å². The van der Waals surface area contributed by atoms with Crippen LogP contribution in [0.5, 0.6) is 0 Å². The van der Waals surface area contributed by atoms with Crippen molar-refractivity contribution in [2.75, 3.05) is 20.0 Å². The number of alkyl halides is 1. The Bertz CT molecular complexity index is 132. The molecule has 0 unspecified atom stereocenters. The summed E-state index contributed by atoms with van der Waals surface area (Å²) in [5, 5.41) is 0. The van der Waals surface area contributed by atoms with Gasteiger partial charge in [0.05, 0.1) is 5.41 Å². The van der Waals surface area contributed by atoms with Crippen molar-refractivity contribution in [3.8, 4) is 0 Å². The molecule has 0 bridgehead atoms. The molecule has 10 heavy (non-hydrogen) atoms. The van der Waals surface area contributed by atoms with Crippen molar-refractivity contribution >= 4 is 17.5 Å². The molecule has 0 fully saturated rings. The van der Waals surface area contributed by atoms with Gasteiger partial charge in [0.15, 0.2) is 0 Å². The zero-order chi connectivity index (χ0) is 8.36. The summed E-state index contributed by atoms with van der Waals surface area (Å²) in [6, 6.07) is 0. The first-order valence-corrected chi connectivity index (χ1v) is 3.73. The third-order valence-corrected chi connectivity index (χ3v) is 1.99. The lowest BCUT2D eigenvalue weighted by atomic mass is 9.95. The van der Waals surface area contributed by atoms with Gasteiger partial charge in [0.1, 0.15) is 0 Å². The van der Waals surface area contributed by atoms with Gasteiger partial charge in [-0.1, -0.05) is 0 Å². The van der Waals surface area contributed by atoms with Crippen LogP contribution in [0.3, 0.4) is 0 Å². The lowest BCUT2D eigenvalue weighted by molar-refractivity contribution is -0.136. The molecule has 0 atom stereocenters. The molecule has 1 amide bonds. The van der Waals surface area contributed by atoms with E-state index in [1.165, 1.54) is 0 Å². The summed E-state index contributed by atoms with van der Waals surface area (Å²) in [6.07, 6.45) is 0. The Hall–Kier alpha value is -0.240. The monoisotopic (exact) mass is 163 g/mol. The highest BCUT2D eigenvalue weighted by Gasteiger charge is 2.27. The average molecular weight is 164 g/mol. The number of rotatable bonds is 2. The maximum atomic E-state index is 11.2. The van der Waals surface area contributed by atoms with Gasteiger partial charge in [0.2, 0.25) is 5.91 Å². The second-order valence-electron chi connectivity index (χ2n) is 3.22. The summed E-state index contributed by atoms with van der Waals surface area (Å²) in [6.45, 7) is 3.67. The number of hydrogen-bond donors (Lipinski definition) is 0. The first-order valence-electron chi connectivity index (χ1n) is 3.19. The van der Waals surface area contributed by atoms with Crippen LogP contribution in [0.1, 0.15) is 13.8 Å². The molecule has 0 aromatic heterocycles. The number of halogens is 1. The van der Waals surface area contributed by atoms with E-state index in [4.69, 9.17) is 11.6 Å². The lowest BCUT2D eigenvalue weighted by Gasteiger charge is -2.24. The van der Waals surface area contributed by atoms with E-state index < -0.39 is 5.41 Å². The minimum Gasteiger partial charge on any atom is -0.348 e. The summed E-state index contributed by atoms with van der Waals surface area (Å²) in [5.41, 5.74) is -0.426. The molecule has 0 aromatic carbocycles. The molecule has 0 spiro atoms. The van der Waals surface area contributed by atoms with Crippen molar-refractivity contribution in [3.63, 3.8) is 0 Å². The second-order valence-corrected chi connectivity index (χ2v) is 3.48. The van der Waals surface area contributed by atoms with Crippen LogP contribution in [0, 0.1) is 5.41 Å². The quantitative estimate of drug-likeness (QED) is 0.563. The Morgan fingerprint density at radius 2 is 1.90 bits per heavy atom. The van der Waals surface area contributed by atoms with Crippen molar-refractivity contribution in [2.45, 2.75) is 13.8 Å². The highest BCUT2D eigenvalue weighted by atomic mass is 35.5. The summed E-state index contributed by atoms with van der Waals surface area (Å²) in [5.74, 6) is 0.437. The highest BCUT2D eigenvalue weighted by Crippen LogP contribution is 2.18. The summed E-state index contributed by atoms with van der Waals surface area (Å²) in [4.78, 5) is 12.8. The first kappa shape index (κ1) is 9.76.